The number of nitrogens with zero attached hydrogens (tertiary/aromatic N) is 1. The van der Waals surface area contributed by atoms with Gasteiger partial charge in [-0.25, -0.2) is 4.98 Å². The molecule has 0 atom stereocenters. The molecule has 1 aromatic heterocycles. The van der Waals surface area contributed by atoms with Gasteiger partial charge in [0, 0.05) is 5.56 Å². The number of hydrogen-bond donors (Lipinski definition) is 0. The molecule has 2 rings (SSSR count). The van der Waals surface area contributed by atoms with Crippen LogP contribution < -0.4 is 9.47 Å². The minimum atomic E-state index is 0.566. The second kappa shape index (κ2) is 4.04. The first-order valence-corrected chi connectivity index (χ1v) is 4.47. The Morgan fingerprint density at radius 3 is 2.53 bits per heavy atom. The Labute approximate surface area is 87.5 Å². The SMILES string of the molecule is COc1ccc(-c2ncco2)cc1OC. The van der Waals surface area contributed by atoms with Crippen molar-refractivity contribution in [2.24, 2.45) is 0 Å². The van der Waals surface area contributed by atoms with Crippen molar-refractivity contribution in [2.45, 2.75) is 0 Å². The number of rotatable bonds is 3. The van der Waals surface area contributed by atoms with E-state index in [0.717, 1.165) is 5.56 Å². The molecule has 0 saturated heterocycles. The van der Waals surface area contributed by atoms with E-state index in [1.807, 2.05) is 18.2 Å². The van der Waals surface area contributed by atoms with E-state index in [2.05, 4.69) is 4.98 Å². The zero-order valence-corrected chi connectivity index (χ0v) is 8.56. The minimum Gasteiger partial charge on any atom is -0.493 e. The molecular formula is C11H11NO3. The van der Waals surface area contributed by atoms with Crippen molar-refractivity contribution in [1.82, 2.24) is 4.98 Å². The van der Waals surface area contributed by atoms with Gasteiger partial charge in [-0.15, -0.1) is 0 Å². The lowest BCUT2D eigenvalue weighted by atomic mass is 10.2. The molecule has 15 heavy (non-hydrogen) atoms. The second-order valence-electron chi connectivity index (χ2n) is 2.91. The van der Waals surface area contributed by atoms with E-state index in [-0.39, 0.29) is 0 Å². The average molecular weight is 205 g/mol. The van der Waals surface area contributed by atoms with Crippen LogP contribution in [0.4, 0.5) is 0 Å². The van der Waals surface area contributed by atoms with Crippen LogP contribution in [0, 0.1) is 0 Å². The first-order chi connectivity index (χ1) is 7.35. The maximum absolute atomic E-state index is 5.19. The summed E-state index contributed by atoms with van der Waals surface area (Å²) in [6, 6.07) is 5.51. The normalized spacial score (nSPS) is 10.0. The summed E-state index contributed by atoms with van der Waals surface area (Å²) >= 11 is 0. The largest absolute Gasteiger partial charge is 0.493 e. The number of ether oxygens (including phenoxy) is 2. The Morgan fingerprint density at radius 1 is 1.13 bits per heavy atom. The van der Waals surface area contributed by atoms with Gasteiger partial charge in [-0.1, -0.05) is 0 Å². The van der Waals surface area contributed by atoms with Crippen LogP contribution in [0.1, 0.15) is 0 Å². The van der Waals surface area contributed by atoms with Crippen molar-refractivity contribution in [1.29, 1.82) is 0 Å². The van der Waals surface area contributed by atoms with Crippen LogP contribution in [0.5, 0.6) is 11.5 Å². The number of oxazole rings is 1. The molecule has 0 fully saturated rings. The summed E-state index contributed by atoms with van der Waals surface area (Å²) in [6.07, 6.45) is 3.14. The molecular weight excluding hydrogens is 194 g/mol. The van der Waals surface area contributed by atoms with Gasteiger partial charge in [-0.2, -0.15) is 0 Å². The van der Waals surface area contributed by atoms with Crippen LogP contribution in [0.3, 0.4) is 0 Å². The first kappa shape index (κ1) is 9.58. The Hall–Kier alpha value is -1.97. The van der Waals surface area contributed by atoms with Gasteiger partial charge in [0.05, 0.1) is 20.4 Å². The van der Waals surface area contributed by atoms with Crippen molar-refractivity contribution in [3.05, 3.63) is 30.7 Å². The fourth-order valence-electron chi connectivity index (χ4n) is 1.34. The molecule has 0 unspecified atom stereocenters. The van der Waals surface area contributed by atoms with Crippen LogP contribution in [0.15, 0.2) is 35.1 Å². The first-order valence-electron chi connectivity index (χ1n) is 4.47. The summed E-state index contributed by atoms with van der Waals surface area (Å²) in [7, 11) is 3.19. The molecule has 0 radical (unpaired) electrons. The Kier molecular flexibility index (Phi) is 2.58. The lowest BCUT2D eigenvalue weighted by Crippen LogP contribution is -1.90. The number of benzene rings is 1. The van der Waals surface area contributed by atoms with Crippen molar-refractivity contribution >= 4 is 0 Å². The van der Waals surface area contributed by atoms with E-state index in [4.69, 9.17) is 13.9 Å². The molecule has 0 aliphatic rings. The van der Waals surface area contributed by atoms with E-state index in [1.165, 1.54) is 6.26 Å². The van der Waals surface area contributed by atoms with Crippen molar-refractivity contribution in [2.75, 3.05) is 14.2 Å². The lowest BCUT2D eigenvalue weighted by Gasteiger charge is -2.07. The Morgan fingerprint density at radius 2 is 1.93 bits per heavy atom. The predicted molar refractivity (Wildman–Crippen MR) is 55.0 cm³/mol. The topological polar surface area (TPSA) is 44.5 Å². The smallest absolute Gasteiger partial charge is 0.225 e. The lowest BCUT2D eigenvalue weighted by molar-refractivity contribution is 0.355. The fraction of sp³-hybridized carbons (Fsp3) is 0.182. The molecule has 0 N–H and O–H groups in total. The van der Waals surface area contributed by atoms with E-state index in [0.29, 0.717) is 17.4 Å². The van der Waals surface area contributed by atoms with Crippen LogP contribution in [0.2, 0.25) is 0 Å². The van der Waals surface area contributed by atoms with Crippen molar-refractivity contribution in [3.8, 4) is 23.0 Å². The summed E-state index contributed by atoms with van der Waals surface area (Å²) < 4.78 is 15.5. The molecule has 2 aromatic rings. The molecule has 1 heterocycles. The summed E-state index contributed by atoms with van der Waals surface area (Å²) in [5, 5.41) is 0. The van der Waals surface area contributed by atoms with E-state index >= 15 is 0 Å². The third kappa shape index (κ3) is 1.79. The zero-order valence-electron chi connectivity index (χ0n) is 8.56. The molecule has 0 aliphatic carbocycles. The van der Waals surface area contributed by atoms with Crippen molar-refractivity contribution in [3.63, 3.8) is 0 Å². The van der Waals surface area contributed by atoms with Gasteiger partial charge in [0.15, 0.2) is 11.5 Å². The van der Waals surface area contributed by atoms with Gasteiger partial charge in [0.25, 0.3) is 0 Å². The second-order valence-corrected chi connectivity index (χ2v) is 2.91. The fourth-order valence-corrected chi connectivity index (χ4v) is 1.34. The standard InChI is InChI=1S/C11H11NO3/c1-13-9-4-3-8(7-10(9)14-2)11-12-5-6-15-11/h3-7H,1-2H3. The zero-order chi connectivity index (χ0) is 10.7. The monoisotopic (exact) mass is 205 g/mol. The van der Waals surface area contributed by atoms with Gasteiger partial charge >= 0.3 is 0 Å². The molecule has 0 aliphatic heterocycles. The van der Waals surface area contributed by atoms with Gasteiger partial charge in [0.2, 0.25) is 5.89 Å². The maximum atomic E-state index is 5.19. The van der Waals surface area contributed by atoms with Gasteiger partial charge in [-0.05, 0) is 18.2 Å². The van der Waals surface area contributed by atoms with Crippen LogP contribution in [-0.2, 0) is 0 Å². The third-order valence-electron chi connectivity index (χ3n) is 2.06. The van der Waals surface area contributed by atoms with Gasteiger partial charge in [-0.3, -0.25) is 0 Å². The predicted octanol–water partition coefficient (Wildman–Crippen LogP) is 2.36. The molecule has 78 valence electrons. The number of methoxy groups -OCH3 is 2. The van der Waals surface area contributed by atoms with Crippen LogP contribution in [0.25, 0.3) is 11.5 Å². The molecule has 4 heteroatoms. The maximum Gasteiger partial charge on any atom is 0.225 e. The highest BCUT2D eigenvalue weighted by atomic mass is 16.5. The van der Waals surface area contributed by atoms with E-state index < -0.39 is 0 Å². The Balaban J connectivity index is 2.43. The molecule has 0 bridgehead atoms. The molecule has 0 amide bonds. The van der Waals surface area contributed by atoms with Crippen LogP contribution >= 0.6 is 0 Å². The average Bonchev–Trinajstić information content (AvgIpc) is 2.81. The molecule has 1 aromatic carbocycles. The molecule has 4 nitrogen and oxygen atoms in total. The molecule has 0 spiro atoms. The highest BCUT2D eigenvalue weighted by molar-refractivity contribution is 5.59. The van der Waals surface area contributed by atoms with E-state index in [9.17, 15) is 0 Å². The third-order valence-corrected chi connectivity index (χ3v) is 2.06. The van der Waals surface area contributed by atoms with Gasteiger partial charge < -0.3 is 13.9 Å². The van der Waals surface area contributed by atoms with Gasteiger partial charge in [0.1, 0.15) is 6.26 Å². The summed E-state index contributed by atoms with van der Waals surface area (Å²) in [5.41, 5.74) is 0.859. The number of aromatic nitrogens is 1. The highest BCUT2D eigenvalue weighted by Crippen LogP contribution is 2.31. The Bertz CT molecular complexity index is 437. The summed E-state index contributed by atoms with van der Waals surface area (Å²) in [6.45, 7) is 0. The van der Waals surface area contributed by atoms with Crippen molar-refractivity contribution < 1.29 is 13.9 Å². The summed E-state index contributed by atoms with van der Waals surface area (Å²) in [5.74, 6) is 1.91. The minimum absolute atomic E-state index is 0.566. The highest BCUT2D eigenvalue weighted by Gasteiger charge is 2.08. The number of hydrogen-bond acceptors (Lipinski definition) is 4. The van der Waals surface area contributed by atoms with Crippen LogP contribution in [-0.4, -0.2) is 19.2 Å². The molecule has 0 saturated carbocycles. The summed E-state index contributed by atoms with van der Waals surface area (Å²) in [4.78, 5) is 4.05. The quantitative estimate of drug-likeness (QED) is 0.771. The van der Waals surface area contributed by atoms with E-state index in [1.54, 1.807) is 20.4 Å².